The molecule has 1 amide bonds. The summed E-state index contributed by atoms with van der Waals surface area (Å²) in [5.74, 6) is -0.387. The third kappa shape index (κ3) is 4.23. The average Bonchev–Trinajstić information content (AvgIpc) is 2.83. The molecule has 6 nitrogen and oxygen atoms in total. The number of rotatable bonds is 6. The van der Waals surface area contributed by atoms with Gasteiger partial charge in [-0.3, -0.25) is 4.90 Å². The van der Waals surface area contributed by atoms with Gasteiger partial charge >= 0.3 is 12.1 Å². The SMILES string of the molecule is CCOC(=O)C1C(C/C=C/CO)CCN1C(=O)OCC. The number of esters is 1. The summed E-state index contributed by atoms with van der Waals surface area (Å²) in [6.45, 7) is 4.49. The van der Waals surface area contributed by atoms with Gasteiger partial charge in [-0.1, -0.05) is 12.2 Å². The first-order valence-electron chi connectivity index (χ1n) is 7.01. The Hall–Kier alpha value is -1.56. The van der Waals surface area contributed by atoms with Crippen molar-refractivity contribution in [1.82, 2.24) is 4.90 Å². The molecule has 0 spiro atoms. The topological polar surface area (TPSA) is 76.1 Å². The molecule has 0 radical (unpaired) electrons. The van der Waals surface area contributed by atoms with Crippen LogP contribution in [0.25, 0.3) is 0 Å². The molecule has 0 aromatic heterocycles. The molecule has 0 saturated carbocycles. The van der Waals surface area contributed by atoms with E-state index in [9.17, 15) is 9.59 Å². The fourth-order valence-electron chi connectivity index (χ4n) is 2.41. The summed E-state index contributed by atoms with van der Waals surface area (Å²) in [4.78, 5) is 25.4. The van der Waals surface area contributed by atoms with Gasteiger partial charge in [-0.2, -0.15) is 0 Å². The Labute approximate surface area is 119 Å². The first-order valence-corrected chi connectivity index (χ1v) is 7.01. The molecule has 20 heavy (non-hydrogen) atoms. The van der Waals surface area contributed by atoms with Gasteiger partial charge in [0.15, 0.2) is 0 Å². The summed E-state index contributed by atoms with van der Waals surface area (Å²) < 4.78 is 10.0. The van der Waals surface area contributed by atoms with E-state index in [2.05, 4.69) is 0 Å². The number of amides is 1. The van der Waals surface area contributed by atoms with Crippen LogP contribution in [-0.2, 0) is 14.3 Å². The Kier molecular flexibility index (Phi) is 7.08. The van der Waals surface area contributed by atoms with Gasteiger partial charge in [-0.25, -0.2) is 9.59 Å². The summed E-state index contributed by atoms with van der Waals surface area (Å²) in [7, 11) is 0. The van der Waals surface area contributed by atoms with Crippen LogP contribution in [0.1, 0.15) is 26.7 Å². The Balaban J connectivity index is 2.77. The molecule has 0 aromatic rings. The fourth-order valence-corrected chi connectivity index (χ4v) is 2.41. The van der Waals surface area contributed by atoms with Crippen molar-refractivity contribution in [2.24, 2.45) is 5.92 Å². The molecular weight excluding hydrogens is 262 g/mol. The number of nitrogens with zero attached hydrogens (tertiary/aromatic N) is 1. The predicted octanol–water partition coefficient (Wildman–Crippen LogP) is 1.34. The second-order valence-electron chi connectivity index (χ2n) is 4.53. The lowest BCUT2D eigenvalue weighted by Crippen LogP contribution is -2.44. The van der Waals surface area contributed by atoms with Crippen molar-refractivity contribution in [2.45, 2.75) is 32.7 Å². The Morgan fingerprint density at radius 2 is 1.95 bits per heavy atom. The average molecular weight is 285 g/mol. The minimum Gasteiger partial charge on any atom is -0.464 e. The van der Waals surface area contributed by atoms with E-state index in [0.29, 0.717) is 13.0 Å². The van der Waals surface area contributed by atoms with E-state index in [1.54, 1.807) is 19.9 Å². The third-order valence-corrected chi connectivity index (χ3v) is 3.26. The highest BCUT2D eigenvalue weighted by atomic mass is 16.6. The molecule has 0 aromatic carbocycles. The van der Waals surface area contributed by atoms with E-state index in [-0.39, 0.29) is 31.7 Å². The summed E-state index contributed by atoms with van der Waals surface area (Å²) in [5, 5.41) is 8.75. The molecule has 1 aliphatic heterocycles. The molecule has 114 valence electrons. The van der Waals surface area contributed by atoms with Crippen LogP contribution in [0.2, 0.25) is 0 Å². The lowest BCUT2D eigenvalue weighted by Gasteiger charge is -2.25. The number of aliphatic hydroxyl groups is 1. The quantitative estimate of drug-likeness (QED) is 0.588. The highest BCUT2D eigenvalue weighted by Gasteiger charge is 2.42. The van der Waals surface area contributed by atoms with Crippen LogP contribution >= 0.6 is 0 Å². The highest BCUT2D eigenvalue weighted by Crippen LogP contribution is 2.29. The Morgan fingerprint density at radius 1 is 1.25 bits per heavy atom. The van der Waals surface area contributed by atoms with Gasteiger partial charge < -0.3 is 14.6 Å². The Bertz CT molecular complexity index is 355. The second kappa shape index (κ2) is 8.58. The molecule has 0 bridgehead atoms. The van der Waals surface area contributed by atoms with Crippen LogP contribution < -0.4 is 0 Å². The molecule has 0 aliphatic carbocycles. The maximum Gasteiger partial charge on any atom is 0.410 e. The number of likely N-dealkylation sites (tertiary alicyclic amines) is 1. The minimum absolute atomic E-state index is 0.00116. The van der Waals surface area contributed by atoms with Gasteiger partial charge in [0.25, 0.3) is 0 Å². The third-order valence-electron chi connectivity index (χ3n) is 3.26. The summed E-state index contributed by atoms with van der Waals surface area (Å²) in [5.41, 5.74) is 0. The van der Waals surface area contributed by atoms with Crippen molar-refractivity contribution in [2.75, 3.05) is 26.4 Å². The lowest BCUT2D eigenvalue weighted by atomic mass is 9.96. The van der Waals surface area contributed by atoms with Gasteiger partial charge in [0, 0.05) is 6.54 Å². The monoisotopic (exact) mass is 285 g/mol. The standard InChI is InChI=1S/C14H23NO5/c1-3-19-13(17)12-11(7-5-6-10-16)8-9-15(12)14(18)20-4-2/h5-6,11-12,16H,3-4,7-10H2,1-2H3/b6-5+. The van der Waals surface area contributed by atoms with E-state index in [1.165, 1.54) is 4.90 Å². The smallest absolute Gasteiger partial charge is 0.410 e. The largest absolute Gasteiger partial charge is 0.464 e. The van der Waals surface area contributed by atoms with Gasteiger partial charge in [0.05, 0.1) is 19.8 Å². The fraction of sp³-hybridized carbons (Fsp3) is 0.714. The summed E-state index contributed by atoms with van der Waals surface area (Å²) in [6.07, 6.45) is 4.33. The van der Waals surface area contributed by atoms with E-state index in [0.717, 1.165) is 6.42 Å². The van der Waals surface area contributed by atoms with Crippen molar-refractivity contribution in [3.8, 4) is 0 Å². The second-order valence-corrected chi connectivity index (χ2v) is 4.53. The zero-order chi connectivity index (χ0) is 15.0. The van der Waals surface area contributed by atoms with Crippen molar-refractivity contribution in [3.05, 3.63) is 12.2 Å². The molecule has 1 fully saturated rings. The summed E-state index contributed by atoms with van der Waals surface area (Å²) >= 11 is 0. The van der Waals surface area contributed by atoms with Gasteiger partial charge in [-0.15, -0.1) is 0 Å². The van der Waals surface area contributed by atoms with E-state index >= 15 is 0 Å². The predicted molar refractivity (Wildman–Crippen MR) is 73.1 cm³/mol. The summed E-state index contributed by atoms with van der Waals surface area (Å²) in [6, 6.07) is -0.600. The molecule has 1 N–H and O–H groups in total. The van der Waals surface area contributed by atoms with Crippen LogP contribution in [-0.4, -0.2) is 54.5 Å². The number of aliphatic hydroxyl groups excluding tert-OH is 1. The van der Waals surface area contributed by atoms with E-state index in [4.69, 9.17) is 14.6 Å². The number of allylic oxidation sites excluding steroid dienone is 1. The van der Waals surface area contributed by atoms with Crippen LogP contribution in [0.15, 0.2) is 12.2 Å². The number of carbonyl (C=O) groups excluding carboxylic acids is 2. The maximum atomic E-state index is 12.1. The Morgan fingerprint density at radius 3 is 2.55 bits per heavy atom. The van der Waals surface area contributed by atoms with Gasteiger partial charge in [-0.05, 0) is 32.6 Å². The molecule has 2 unspecified atom stereocenters. The molecule has 1 saturated heterocycles. The first-order chi connectivity index (χ1) is 9.65. The first kappa shape index (κ1) is 16.5. The van der Waals surface area contributed by atoms with Crippen molar-refractivity contribution in [1.29, 1.82) is 0 Å². The normalized spacial score (nSPS) is 22.2. The number of ether oxygens (including phenoxy) is 2. The number of hydrogen-bond acceptors (Lipinski definition) is 5. The molecule has 1 heterocycles. The van der Waals surface area contributed by atoms with E-state index in [1.807, 2.05) is 6.08 Å². The molecule has 6 heteroatoms. The van der Waals surface area contributed by atoms with Crippen molar-refractivity contribution in [3.63, 3.8) is 0 Å². The van der Waals surface area contributed by atoms with Crippen LogP contribution in [0.5, 0.6) is 0 Å². The lowest BCUT2D eigenvalue weighted by molar-refractivity contribution is -0.149. The molecule has 2 atom stereocenters. The van der Waals surface area contributed by atoms with Gasteiger partial charge in [0.1, 0.15) is 6.04 Å². The molecular formula is C14H23NO5. The minimum atomic E-state index is -0.600. The van der Waals surface area contributed by atoms with Crippen molar-refractivity contribution < 1.29 is 24.2 Å². The van der Waals surface area contributed by atoms with Crippen LogP contribution in [0, 0.1) is 5.92 Å². The number of hydrogen-bond donors (Lipinski definition) is 1. The van der Waals surface area contributed by atoms with E-state index < -0.39 is 12.1 Å². The zero-order valence-corrected chi connectivity index (χ0v) is 12.1. The van der Waals surface area contributed by atoms with Crippen LogP contribution in [0.3, 0.4) is 0 Å². The van der Waals surface area contributed by atoms with Crippen LogP contribution in [0.4, 0.5) is 4.79 Å². The molecule has 1 rings (SSSR count). The number of carbonyl (C=O) groups is 2. The maximum absolute atomic E-state index is 12.1. The zero-order valence-electron chi connectivity index (χ0n) is 12.1. The highest BCUT2D eigenvalue weighted by molar-refractivity contribution is 5.82. The van der Waals surface area contributed by atoms with Gasteiger partial charge in [0.2, 0.25) is 0 Å². The molecule has 1 aliphatic rings. The van der Waals surface area contributed by atoms with Crippen molar-refractivity contribution >= 4 is 12.1 Å².